The largest absolute Gasteiger partial charge is 0.371 e. The first kappa shape index (κ1) is 16.2. The fourth-order valence-electron chi connectivity index (χ4n) is 4.45. The highest BCUT2D eigenvalue weighted by atomic mass is 16.2. The summed E-state index contributed by atoms with van der Waals surface area (Å²) in [5.74, 6) is 0.471. The Hall–Kier alpha value is -2.30. The monoisotopic (exact) mass is 339 g/mol. The van der Waals surface area contributed by atoms with Crippen LogP contribution in [0, 0.1) is 11.3 Å². The number of para-hydroxylation sites is 1. The van der Waals surface area contributed by atoms with Gasteiger partial charge in [0.05, 0.1) is 0 Å². The molecule has 132 valence electrons. The maximum Gasteiger partial charge on any atom is 0.245 e. The van der Waals surface area contributed by atoms with Crippen molar-refractivity contribution in [1.29, 1.82) is 0 Å². The molecule has 3 fully saturated rings. The van der Waals surface area contributed by atoms with Crippen LogP contribution in [0.15, 0.2) is 43.0 Å². The standard InChI is InChI=1S/C20H25N3O2/c1-2-18(24)22-12-20(13-22)14-23(15-20)19(25)16-8-10-21(11-9-16)17-6-4-3-5-7-17/h2-7,16H,1,8-15H2. The van der Waals surface area contributed by atoms with Gasteiger partial charge in [-0.3, -0.25) is 9.59 Å². The first-order chi connectivity index (χ1) is 12.1. The summed E-state index contributed by atoms with van der Waals surface area (Å²) in [4.78, 5) is 30.5. The summed E-state index contributed by atoms with van der Waals surface area (Å²) in [5.41, 5.74) is 1.41. The third-order valence-corrected chi connectivity index (χ3v) is 5.87. The molecule has 4 rings (SSSR count). The van der Waals surface area contributed by atoms with E-state index in [0.29, 0.717) is 5.91 Å². The number of piperidine rings is 1. The molecule has 2 amide bonds. The predicted octanol–water partition coefficient (Wildman–Crippen LogP) is 1.76. The summed E-state index contributed by atoms with van der Waals surface area (Å²) in [7, 11) is 0. The zero-order valence-electron chi connectivity index (χ0n) is 14.6. The number of rotatable bonds is 3. The van der Waals surface area contributed by atoms with E-state index in [-0.39, 0.29) is 17.2 Å². The number of carbonyl (C=O) groups is 2. The van der Waals surface area contributed by atoms with Gasteiger partial charge in [-0.15, -0.1) is 0 Å². The molecule has 0 aromatic heterocycles. The Morgan fingerprint density at radius 1 is 1.00 bits per heavy atom. The van der Waals surface area contributed by atoms with E-state index in [1.807, 2.05) is 15.9 Å². The molecule has 0 aliphatic carbocycles. The molecule has 0 atom stereocenters. The van der Waals surface area contributed by atoms with Crippen molar-refractivity contribution >= 4 is 17.5 Å². The van der Waals surface area contributed by atoms with Crippen molar-refractivity contribution in [2.24, 2.45) is 11.3 Å². The van der Waals surface area contributed by atoms with Gasteiger partial charge >= 0.3 is 0 Å². The summed E-state index contributed by atoms with van der Waals surface area (Å²) in [6.07, 6.45) is 3.23. The fraction of sp³-hybridized carbons (Fsp3) is 0.500. The van der Waals surface area contributed by atoms with Crippen LogP contribution in [0.2, 0.25) is 0 Å². The molecule has 1 aromatic rings. The van der Waals surface area contributed by atoms with E-state index in [2.05, 4.69) is 35.7 Å². The van der Waals surface area contributed by atoms with E-state index < -0.39 is 0 Å². The van der Waals surface area contributed by atoms with Crippen LogP contribution in [-0.4, -0.2) is 60.9 Å². The van der Waals surface area contributed by atoms with Crippen LogP contribution >= 0.6 is 0 Å². The minimum atomic E-state index is 0.00341. The van der Waals surface area contributed by atoms with Crippen molar-refractivity contribution in [2.45, 2.75) is 12.8 Å². The lowest BCUT2D eigenvalue weighted by Gasteiger charge is -2.60. The second-order valence-electron chi connectivity index (χ2n) is 7.69. The lowest BCUT2D eigenvalue weighted by molar-refractivity contribution is -0.168. The molecule has 0 radical (unpaired) electrons. The van der Waals surface area contributed by atoms with E-state index in [1.54, 1.807) is 0 Å². The summed E-state index contributed by atoms with van der Waals surface area (Å²) in [5, 5.41) is 0. The van der Waals surface area contributed by atoms with Crippen LogP contribution in [0.3, 0.4) is 0 Å². The van der Waals surface area contributed by atoms with Crippen molar-refractivity contribution in [2.75, 3.05) is 44.2 Å². The van der Waals surface area contributed by atoms with Gasteiger partial charge in [0.1, 0.15) is 0 Å². The highest BCUT2D eigenvalue weighted by molar-refractivity contribution is 5.88. The van der Waals surface area contributed by atoms with E-state index in [0.717, 1.165) is 52.1 Å². The van der Waals surface area contributed by atoms with Gasteiger partial charge in [-0.25, -0.2) is 0 Å². The highest BCUT2D eigenvalue weighted by Gasteiger charge is 2.54. The van der Waals surface area contributed by atoms with Crippen molar-refractivity contribution < 1.29 is 9.59 Å². The second kappa shape index (κ2) is 6.21. The number of hydrogen-bond acceptors (Lipinski definition) is 3. The van der Waals surface area contributed by atoms with Crippen molar-refractivity contribution in [1.82, 2.24) is 9.80 Å². The maximum absolute atomic E-state index is 12.7. The minimum Gasteiger partial charge on any atom is -0.371 e. The van der Waals surface area contributed by atoms with Crippen LogP contribution in [0.1, 0.15) is 12.8 Å². The quantitative estimate of drug-likeness (QED) is 0.788. The highest BCUT2D eigenvalue weighted by Crippen LogP contribution is 2.41. The first-order valence-electron chi connectivity index (χ1n) is 9.10. The zero-order valence-corrected chi connectivity index (χ0v) is 14.6. The van der Waals surface area contributed by atoms with Gasteiger partial charge in [-0.1, -0.05) is 24.8 Å². The molecule has 3 aliphatic rings. The number of carbonyl (C=O) groups excluding carboxylic acids is 2. The third-order valence-electron chi connectivity index (χ3n) is 5.87. The Kier molecular flexibility index (Phi) is 4.02. The fourth-order valence-corrected chi connectivity index (χ4v) is 4.45. The summed E-state index contributed by atoms with van der Waals surface area (Å²) in [6.45, 7) is 8.58. The first-order valence-corrected chi connectivity index (χ1v) is 9.10. The topological polar surface area (TPSA) is 43.9 Å². The number of nitrogens with zero attached hydrogens (tertiary/aromatic N) is 3. The van der Waals surface area contributed by atoms with Crippen LogP contribution in [0.25, 0.3) is 0 Å². The van der Waals surface area contributed by atoms with Crippen LogP contribution in [0.5, 0.6) is 0 Å². The molecule has 5 heteroatoms. The van der Waals surface area contributed by atoms with Gasteiger partial charge in [0.2, 0.25) is 11.8 Å². The molecular formula is C20H25N3O2. The van der Waals surface area contributed by atoms with Gasteiger partial charge in [0.15, 0.2) is 0 Å². The summed E-state index contributed by atoms with van der Waals surface area (Å²) >= 11 is 0. The van der Waals surface area contributed by atoms with E-state index >= 15 is 0 Å². The van der Waals surface area contributed by atoms with Crippen LogP contribution in [-0.2, 0) is 9.59 Å². The molecule has 0 saturated carbocycles. The second-order valence-corrected chi connectivity index (χ2v) is 7.69. The number of hydrogen-bond donors (Lipinski definition) is 0. The molecular weight excluding hydrogens is 314 g/mol. The molecule has 0 unspecified atom stereocenters. The maximum atomic E-state index is 12.7. The molecule has 3 saturated heterocycles. The average Bonchev–Trinajstić information content (AvgIpc) is 2.59. The molecule has 5 nitrogen and oxygen atoms in total. The Bertz CT molecular complexity index is 665. The zero-order chi connectivity index (χ0) is 17.4. The van der Waals surface area contributed by atoms with Crippen LogP contribution in [0.4, 0.5) is 5.69 Å². The van der Waals surface area contributed by atoms with Crippen LogP contribution < -0.4 is 4.90 Å². The summed E-state index contributed by atoms with van der Waals surface area (Å²) in [6, 6.07) is 10.4. The van der Waals surface area contributed by atoms with Crippen molar-refractivity contribution in [3.05, 3.63) is 43.0 Å². The van der Waals surface area contributed by atoms with E-state index in [1.165, 1.54) is 11.8 Å². The Morgan fingerprint density at radius 3 is 2.20 bits per heavy atom. The van der Waals surface area contributed by atoms with Gasteiger partial charge in [-0.2, -0.15) is 0 Å². The van der Waals surface area contributed by atoms with Gasteiger partial charge < -0.3 is 14.7 Å². The molecule has 1 spiro atoms. The van der Waals surface area contributed by atoms with Crippen molar-refractivity contribution in [3.8, 4) is 0 Å². The molecule has 0 bridgehead atoms. The van der Waals surface area contributed by atoms with E-state index in [4.69, 9.17) is 0 Å². The molecule has 0 N–H and O–H groups in total. The van der Waals surface area contributed by atoms with E-state index in [9.17, 15) is 9.59 Å². The number of likely N-dealkylation sites (tertiary alicyclic amines) is 2. The minimum absolute atomic E-state index is 0.00341. The Labute approximate surface area is 148 Å². The lowest BCUT2D eigenvalue weighted by Crippen LogP contribution is -2.74. The normalized spacial score (nSPS) is 22.3. The summed E-state index contributed by atoms with van der Waals surface area (Å²) < 4.78 is 0. The SMILES string of the molecule is C=CC(=O)N1CC2(C1)CN(C(=O)C1CCN(c3ccccc3)CC1)C2. The molecule has 3 heterocycles. The smallest absolute Gasteiger partial charge is 0.245 e. The van der Waals surface area contributed by atoms with Gasteiger partial charge in [0, 0.05) is 56.3 Å². The molecule has 1 aromatic carbocycles. The Morgan fingerprint density at radius 2 is 1.60 bits per heavy atom. The third kappa shape index (κ3) is 2.92. The average molecular weight is 339 g/mol. The predicted molar refractivity (Wildman–Crippen MR) is 97.2 cm³/mol. The lowest BCUT2D eigenvalue weighted by atomic mass is 9.72. The van der Waals surface area contributed by atoms with Gasteiger partial charge in [-0.05, 0) is 31.1 Å². The number of benzene rings is 1. The Balaban J connectivity index is 1.24. The molecule has 25 heavy (non-hydrogen) atoms. The van der Waals surface area contributed by atoms with Gasteiger partial charge in [0.25, 0.3) is 0 Å². The number of amides is 2. The number of anilines is 1. The molecule has 3 aliphatic heterocycles. The van der Waals surface area contributed by atoms with Crippen molar-refractivity contribution in [3.63, 3.8) is 0 Å².